The van der Waals surface area contributed by atoms with Crippen LogP contribution >= 0.6 is 0 Å². The topological polar surface area (TPSA) is 126 Å². The molecule has 4 aromatic rings. The van der Waals surface area contributed by atoms with Crippen LogP contribution in [0.3, 0.4) is 0 Å². The van der Waals surface area contributed by atoms with Crippen molar-refractivity contribution >= 4 is 23.2 Å². The summed E-state index contributed by atoms with van der Waals surface area (Å²) in [7, 11) is 2.06. The highest BCUT2D eigenvalue weighted by Gasteiger charge is 2.32. The summed E-state index contributed by atoms with van der Waals surface area (Å²) >= 11 is 0. The average Bonchev–Trinajstić information content (AvgIpc) is 3.13. The van der Waals surface area contributed by atoms with Crippen LogP contribution in [0.25, 0.3) is 11.1 Å². The Labute approximate surface area is 295 Å². The van der Waals surface area contributed by atoms with E-state index < -0.39 is 6.29 Å². The molecule has 5 N–H and O–H groups in total. The molecular weight excluding hydrogens is 628 g/mol. The summed E-state index contributed by atoms with van der Waals surface area (Å²) in [5.41, 5.74) is 13.0. The number of aliphatic hydroxyl groups is 1. The number of hydrogen-bond donors (Lipinski definition) is 4. The number of nitrogen functional groups attached to an aromatic ring is 1. The number of aliphatic hydroxyl groups excluding tert-OH is 1. The first-order valence-electron chi connectivity index (χ1n) is 17.2. The van der Waals surface area contributed by atoms with Crippen molar-refractivity contribution in [2.75, 3.05) is 31.2 Å². The molecule has 0 saturated carbocycles. The van der Waals surface area contributed by atoms with Crippen LogP contribution in [0.5, 0.6) is 0 Å². The van der Waals surface area contributed by atoms with E-state index >= 15 is 0 Å². The van der Waals surface area contributed by atoms with Crippen LogP contribution in [0.15, 0.2) is 110 Å². The smallest absolute Gasteiger partial charge is 0.224 e. The molecule has 1 fully saturated rings. The molecule has 262 valence electrons. The molecule has 1 aliphatic heterocycles. The maximum atomic E-state index is 12.5. The summed E-state index contributed by atoms with van der Waals surface area (Å²) in [6.07, 6.45) is 3.82. The number of nitrogens with two attached hydrogens (primary N) is 1. The average molecular weight is 677 g/mol. The zero-order chi connectivity index (χ0) is 35.3. The van der Waals surface area contributed by atoms with Gasteiger partial charge in [0.25, 0.3) is 0 Å². The van der Waals surface area contributed by atoms with E-state index in [1.807, 2.05) is 66.7 Å². The third kappa shape index (κ3) is 10.6. The Bertz CT molecular complexity index is 1710. The fourth-order valence-electron chi connectivity index (χ4n) is 6.05. The van der Waals surface area contributed by atoms with Gasteiger partial charge in [0.05, 0.1) is 30.2 Å². The van der Waals surface area contributed by atoms with Gasteiger partial charge in [-0.2, -0.15) is 0 Å². The highest BCUT2D eigenvalue weighted by atomic mass is 16.7. The van der Waals surface area contributed by atoms with Crippen molar-refractivity contribution in [3.8, 4) is 11.1 Å². The summed E-state index contributed by atoms with van der Waals surface area (Å²) in [6.45, 7) is 5.81. The van der Waals surface area contributed by atoms with Crippen molar-refractivity contribution in [3.05, 3.63) is 132 Å². The van der Waals surface area contributed by atoms with Crippen molar-refractivity contribution in [2.45, 2.75) is 63.8 Å². The fraction of sp³-hybridized carbons (Fsp3) is 0.317. The highest BCUT2D eigenvalue weighted by Crippen LogP contribution is 2.38. The minimum absolute atomic E-state index is 0.00592. The van der Waals surface area contributed by atoms with Gasteiger partial charge in [-0.05, 0) is 65.9 Å². The van der Waals surface area contributed by atoms with E-state index in [2.05, 4.69) is 53.4 Å². The summed E-state index contributed by atoms with van der Waals surface area (Å²) in [4.78, 5) is 26.9. The summed E-state index contributed by atoms with van der Waals surface area (Å²) in [6, 6.07) is 31.4. The van der Waals surface area contributed by atoms with Crippen LogP contribution in [0.4, 0.5) is 11.4 Å². The lowest BCUT2D eigenvalue weighted by Crippen LogP contribution is -2.37. The van der Waals surface area contributed by atoms with Gasteiger partial charge in [-0.15, -0.1) is 6.58 Å². The molecule has 0 bridgehead atoms. The van der Waals surface area contributed by atoms with Gasteiger partial charge in [0.1, 0.15) is 0 Å². The predicted octanol–water partition coefficient (Wildman–Crippen LogP) is 6.91. The largest absolute Gasteiger partial charge is 0.397 e. The van der Waals surface area contributed by atoms with Gasteiger partial charge in [-0.25, -0.2) is 0 Å². The normalized spacial score (nSPS) is 17.3. The van der Waals surface area contributed by atoms with Gasteiger partial charge in [0.15, 0.2) is 6.29 Å². The highest BCUT2D eigenvalue weighted by molar-refractivity contribution is 5.93. The first kappa shape index (κ1) is 36.5. The lowest BCUT2D eigenvalue weighted by Gasteiger charge is -2.37. The van der Waals surface area contributed by atoms with E-state index in [0.717, 1.165) is 52.9 Å². The second-order valence-electron chi connectivity index (χ2n) is 12.8. The molecule has 0 spiro atoms. The Hall–Kier alpha value is -4.80. The van der Waals surface area contributed by atoms with Gasteiger partial charge in [-0.1, -0.05) is 84.9 Å². The van der Waals surface area contributed by atoms with Crippen molar-refractivity contribution in [1.82, 2.24) is 10.2 Å². The number of unbranched alkanes of at least 4 members (excludes halogenated alkanes) is 1. The lowest BCUT2D eigenvalue weighted by atomic mass is 9.99. The molecule has 1 saturated heterocycles. The van der Waals surface area contributed by atoms with Crippen LogP contribution in [0.1, 0.15) is 66.8 Å². The van der Waals surface area contributed by atoms with Crippen molar-refractivity contribution < 1.29 is 24.2 Å². The Morgan fingerprint density at radius 2 is 1.60 bits per heavy atom. The molecular formula is C41H48N4O5. The molecule has 0 aromatic heterocycles. The van der Waals surface area contributed by atoms with Gasteiger partial charge >= 0.3 is 0 Å². The number of rotatable bonds is 16. The van der Waals surface area contributed by atoms with E-state index in [1.54, 1.807) is 12.1 Å². The van der Waals surface area contributed by atoms with E-state index in [0.29, 0.717) is 43.6 Å². The SMILES string of the molecule is C=CCN(C)CC1CC(c2ccc(CO)cc2)OC(c2ccc(-c3cccc(CNC(=O)CCCCC(=O)Nc4ccccc4N)c3)cc2)O1. The number of benzene rings is 4. The van der Waals surface area contributed by atoms with Crippen molar-refractivity contribution in [1.29, 1.82) is 0 Å². The quantitative estimate of drug-likeness (QED) is 0.0578. The maximum Gasteiger partial charge on any atom is 0.224 e. The second kappa shape index (κ2) is 18.3. The van der Waals surface area contributed by atoms with Crippen LogP contribution in [-0.4, -0.2) is 48.1 Å². The van der Waals surface area contributed by atoms with Crippen molar-refractivity contribution in [3.63, 3.8) is 0 Å². The Kier molecular flexibility index (Phi) is 13.3. The maximum absolute atomic E-state index is 12.5. The van der Waals surface area contributed by atoms with E-state index in [1.165, 1.54) is 0 Å². The number of para-hydroxylation sites is 2. The minimum Gasteiger partial charge on any atom is -0.397 e. The number of ether oxygens (including phenoxy) is 2. The van der Waals surface area contributed by atoms with Crippen LogP contribution in [0, 0.1) is 0 Å². The number of amides is 2. The monoisotopic (exact) mass is 676 g/mol. The molecule has 9 nitrogen and oxygen atoms in total. The Morgan fingerprint density at radius 1 is 0.880 bits per heavy atom. The number of hydrogen-bond acceptors (Lipinski definition) is 7. The van der Waals surface area contributed by atoms with Crippen molar-refractivity contribution in [2.24, 2.45) is 0 Å². The summed E-state index contributed by atoms with van der Waals surface area (Å²) in [5, 5.41) is 15.3. The van der Waals surface area contributed by atoms with Gasteiger partial charge in [0.2, 0.25) is 11.8 Å². The number of nitrogens with zero attached hydrogens (tertiary/aromatic N) is 1. The van der Waals surface area contributed by atoms with Crippen LogP contribution < -0.4 is 16.4 Å². The molecule has 1 aliphatic rings. The van der Waals surface area contributed by atoms with Crippen LogP contribution in [-0.2, 0) is 32.2 Å². The van der Waals surface area contributed by atoms with E-state index in [4.69, 9.17) is 15.2 Å². The molecule has 3 atom stereocenters. The molecule has 4 aromatic carbocycles. The number of carbonyl (C=O) groups excluding carboxylic acids is 2. The number of anilines is 2. The zero-order valence-electron chi connectivity index (χ0n) is 28.7. The van der Waals surface area contributed by atoms with Gasteiger partial charge in [0, 0.05) is 44.5 Å². The predicted molar refractivity (Wildman–Crippen MR) is 198 cm³/mol. The molecule has 3 unspecified atom stereocenters. The molecule has 9 heteroatoms. The minimum atomic E-state index is -0.527. The lowest BCUT2D eigenvalue weighted by molar-refractivity contribution is -0.252. The van der Waals surface area contributed by atoms with Crippen LogP contribution in [0.2, 0.25) is 0 Å². The summed E-state index contributed by atoms with van der Waals surface area (Å²) < 4.78 is 13.0. The molecule has 5 rings (SSSR count). The second-order valence-corrected chi connectivity index (χ2v) is 12.8. The van der Waals surface area contributed by atoms with E-state index in [9.17, 15) is 14.7 Å². The third-order valence-electron chi connectivity index (χ3n) is 8.80. The Morgan fingerprint density at radius 3 is 2.32 bits per heavy atom. The van der Waals surface area contributed by atoms with E-state index in [-0.39, 0.29) is 30.6 Å². The molecule has 2 amide bonds. The molecule has 0 aliphatic carbocycles. The number of nitrogens with one attached hydrogen (secondary N) is 2. The first-order chi connectivity index (χ1) is 24.3. The standard InChI is InChI=1S/C41H48N4O5/c1-3-23-45(2)27-35-25-38(32-17-15-29(28-46)16-18-32)50-41(49-35)33-21-19-31(20-22-33)34-10-8-9-30(24-34)26-43-39(47)13-6-7-14-40(48)44-37-12-5-4-11-36(37)42/h3-5,8-12,15-22,24,35,38,41,46H,1,6-7,13-14,23,25-28,42H2,2H3,(H,43,47)(H,44,48). The molecule has 0 radical (unpaired) electrons. The fourth-order valence-corrected chi connectivity index (χ4v) is 6.05. The molecule has 50 heavy (non-hydrogen) atoms. The van der Waals surface area contributed by atoms with Gasteiger partial charge in [-0.3, -0.25) is 9.59 Å². The summed E-state index contributed by atoms with van der Waals surface area (Å²) in [5.74, 6) is -0.158. The Balaban J connectivity index is 1.13. The van der Waals surface area contributed by atoms with Gasteiger partial charge < -0.3 is 35.8 Å². The number of likely N-dealkylation sites (N-methyl/N-ethyl adjacent to an activating group) is 1. The molecule has 1 heterocycles. The first-order valence-corrected chi connectivity index (χ1v) is 17.2. The number of carbonyl (C=O) groups is 2. The third-order valence-corrected chi connectivity index (χ3v) is 8.80. The zero-order valence-corrected chi connectivity index (χ0v) is 28.7.